The van der Waals surface area contributed by atoms with Gasteiger partial charge in [0.05, 0.1) is 0 Å². The van der Waals surface area contributed by atoms with Crippen LogP contribution in [0.15, 0.2) is 47.9 Å². The Labute approximate surface area is 95.8 Å². The molecule has 2 unspecified atom stereocenters. The smallest absolute Gasteiger partial charge is 0.0446 e. The average molecular weight is 216 g/mol. The maximum Gasteiger partial charge on any atom is 0.0446 e. The SMILES string of the molecule is C=CC1(Sc2ccccc2)C2CCCC21. The minimum Gasteiger partial charge on any atom is -0.115 e. The molecule has 0 aromatic heterocycles. The highest BCUT2D eigenvalue weighted by atomic mass is 32.2. The molecule has 2 atom stereocenters. The van der Waals surface area contributed by atoms with Crippen molar-refractivity contribution < 1.29 is 0 Å². The summed E-state index contributed by atoms with van der Waals surface area (Å²) in [6.45, 7) is 4.05. The van der Waals surface area contributed by atoms with Crippen molar-refractivity contribution in [2.45, 2.75) is 28.9 Å². The molecule has 2 aliphatic rings. The number of hydrogen-bond acceptors (Lipinski definition) is 1. The van der Waals surface area contributed by atoms with Crippen LogP contribution in [0.2, 0.25) is 0 Å². The van der Waals surface area contributed by atoms with E-state index < -0.39 is 0 Å². The van der Waals surface area contributed by atoms with E-state index in [4.69, 9.17) is 0 Å². The molecule has 0 radical (unpaired) electrons. The van der Waals surface area contributed by atoms with Crippen molar-refractivity contribution in [2.75, 3.05) is 0 Å². The lowest BCUT2D eigenvalue weighted by Gasteiger charge is -2.15. The van der Waals surface area contributed by atoms with Crippen molar-refractivity contribution in [3.63, 3.8) is 0 Å². The van der Waals surface area contributed by atoms with Gasteiger partial charge in [-0.25, -0.2) is 0 Å². The van der Waals surface area contributed by atoms with E-state index in [-0.39, 0.29) is 0 Å². The Bertz CT molecular complexity index is 358. The van der Waals surface area contributed by atoms with E-state index in [9.17, 15) is 0 Å². The van der Waals surface area contributed by atoms with Crippen LogP contribution in [0.25, 0.3) is 0 Å². The summed E-state index contributed by atoms with van der Waals surface area (Å²) in [7, 11) is 0. The number of benzene rings is 1. The molecule has 0 nitrogen and oxygen atoms in total. The second kappa shape index (κ2) is 3.41. The highest BCUT2D eigenvalue weighted by Crippen LogP contribution is 2.69. The minimum absolute atomic E-state index is 0.388. The van der Waals surface area contributed by atoms with Crippen LogP contribution in [-0.4, -0.2) is 4.75 Å². The topological polar surface area (TPSA) is 0 Å². The molecule has 1 heteroatoms. The first-order valence-corrected chi connectivity index (χ1v) is 6.56. The number of thioether (sulfide) groups is 1. The molecule has 2 fully saturated rings. The van der Waals surface area contributed by atoms with Gasteiger partial charge in [-0.1, -0.05) is 30.7 Å². The van der Waals surface area contributed by atoms with Gasteiger partial charge in [0.25, 0.3) is 0 Å². The van der Waals surface area contributed by atoms with Gasteiger partial charge in [0.1, 0.15) is 0 Å². The molecule has 1 aromatic carbocycles. The van der Waals surface area contributed by atoms with Gasteiger partial charge in [0.2, 0.25) is 0 Å². The van der Waals surface area contributed by atoms with E-state index in [1.807, 2.05) is 11.8 Å². The molecule has 0 amide bonds. The fraction of sp³-hybridized carbons (Fsp3) is 0.429. The van der Waals surface area contributed by atoms with E-state index in [1.165, 1.54) is 24.2 Å². The first-order chi connectivity index (χ1) is 7.37. The summed E-state index contributed by atoms with van der Waals surface area (Å²) in [6.07, 6.45) is 6.46. The number of rotatable bonds is 3. The Morgan fingerprint density at radius 1 is 1.20 bits per heavy atom. The van der Waals surface area contributed by atoms with E-state index >= 15 is 0 Å². The van der Waals surface area contributed by atoms with Crippen LogP contribution in [0.5, 0.6) is 0 Å². The quantitative estimate of drug-likeness (QED) is 0.684. The molecule has 15 heavy (non-hydrogen) atoms. The maximum atomic E-state index is 4.05. The zero-order valence-corrected chi connectivity index (χ0v) is 9.67. The molecular formula is C14H16S. The summed E-state index contributed by atoms with van der Waals surface area (Å²) in [6, 6.07) is 10.8. The van der Waals surface area contributed by atoms with Crippen molar-refractivity contribution in [2.24, 2.45) is 11.8 Å². The first kappa shape index (κ1) is 9.53. The van der Waals surface area contributed by atoms with Crippen LogP contribution in [0.4, 0.5) is 0 Å². The van der Waals surface area contributed by atoms with Crippen molar-refractivity contribution >= 4 is 11.8 Å². The van der Waals surface area contributed by atoms with Crippen molar-refractivity contribution in [1.82, 2.24) is 0 Å². The Balaban J connectivity index is 1.80. The van der Waals surface area contributed by atoms with Gasteiger partial charge in [-0.3, -0.25) is 0 Å². The lowest BCUT2D eigenvalue weighted by molar-refractivity contribution is 0.691. The average Bonchev–Trinajstić information content (AvgIpc) is 2.66. The van der Waals surface area contributed by atoms with Gasteiger partial charge in [-0.15, -0.1) is 18.3 Å². The summed E-state index contributed by atoms with van der Waals surface area (Å²) in [4.78, 5) is 1.40. The molecule has 3 rings (SSSR count). The molecule has 2 aliphatic carbocycles. The molecule has 1 aromatic rings. The van der Waals surface area contributed by atoms with Crippen LogP contribution < -0.4 is 0 Å². The summed E-state index contributed by atoms with van der Waals surface area (Å²) < 4.78 is 0.388. The molecule has 0 aliphatic heterocycles. The predicted molar refractivity (Wildman–Crippen MR) is 66.1 cm³/mol. The van der Waals surface area contributed by atoms with Gasteiger partial charge in [-0.2, -0.15) is 0 Å². The van der Waals surface area contributed by atoms with Crippen LogP contribution in [-0.2, 0) is 0 Å². The summed E-state index contributed by atoms with van der Waals surface area (Å²) in [5.41, 5.74) is 0. The van der Waals surface area contributed by atoms with Gasteiger partial charge < -0.3 is 0 Å². The third-order valence-electron chi connectivity index (χ3n) is 3.92. The second-order valence-corrected chi connectivity index (χ2v) is 6.00. The third kappa shape index (κ3) is 1.37. The molecule has 0 saturated heterocycles. The van der Waals surface area contributed by atoms with Gasteiger partial charge in [0, 0.05) is 9.64 Å². The second-order valence-electron chi connectivity index (χ2n) is 4.62. The van der Waals surface area contributed by atoms with Gasteiger partial charge in [-0.05, 0) is 36.8 Å². The van der Waals surface area contributed by atoms with Crippen LogP contribution in [0.3, 0.4) is 0 Å². The summed E-state index contributed by atoms with van der Waals surface area (Å²) in [5, 5.41) is 0. The molecular weight excluding hydrogens is 200 g/mol. The number of fused-ring (bicyclic) bond motifs is 1. The monoisotopic (exact) mass is 216 g/mol. The Kier molecular flexibility index (Phi) is 2.17. The van der Waals surface area contributed by atoms with Crippen molar-refractivity contribution in [3.05, 3.63) is 43.0 Å². The Morgan fingerprint density at radius 3 is 2.47 bits per heavy atom. The molecule has 0 heterocycles. The van der Waals surface area contributed by atoms with Crippen LogP contribution in [0.1, 0.15) is 19.3 Å². The van der Waals surface area contributed by atoms with Gasteiger partial charge in [0.15, 0.2) is 0 Å². The Hall–Kier alpha value is -0.690. The maximum absolute atomic E-state index is 4.05. The lowest BCUT2D eigenvalue weighted by atomic mass is 10.1. The zero-order valence-electron chi connectivity index (χ0n) is 8.86. The molecule has 0 spiro atoms. The van der Waals surface area contributed by atoms with Crippen LogP contribution >= 0.6 is 11.8 Å². The fourth-order valence-electron chi connectivity index (χ4n) is 3.13. The summed E-state index contributed by atoms with van der Waals surface area (Å²) >= 11 is 2.03. The highest BCUT2D eigenvalue weighted by molar-refractivity contribution is 8.01. The van der Waals surface area contributed by atoms with E-state index in [1.54, 1.807) is 0 Å². The lowest BCUT2D eigenvalue weighted by Crippen LogP contribution is -2.06. The fourth-order valence-corrected chi connectivity index (χ4v) is 4.72. The molecule has 0 N–H and O–H groups in total. The van der Waals surface area contributed by atoms with E-state index in [0.29, 0.717) is 4.75 Å². The zero-order chi connectivity index (χ0) is 10.3. The minimum atomic E-state index is 0.388. The Morgan fingerprint density at radius 2 is 1.87 bits per heavy atom. The first-order valence-electron chi connectivity index (χ1n) is 5.74. The normalized spacial score (nSPS) is 37.3. The third-order valence-corrected chi connectivity index (χ3v) is 5.56. The van der Waals surface area contributed by atoms with E-state index in [2.05, 4.69) is 43.0 Å². The largest absolute Gasteiger partial charge is 0.115 e. The van der Waals surface area contributed by atoms with Gasteiger partial charge >= 0.3 is 0 Å². The van der Waals surface area contributed by atoms with Crippen LogP contribution in [0, 0.1) is 11.8 Å². The highest BCUT2D eigenvalue weighted by Gasteiger charge is 2.64. The van der Waals surface area contributed by atoms with Crippen molar-refractivity contribution in [1.29, 1.82) is 0 Å². The molecule has 0 bridgehead atoms. The molecule has 2 saturated carbocycles. The standard InChI is InChI=1S/C14H16S/c1-2-14(12-9-6-10-13(12)14)15-11-7-4-3-5-8-11/h2-5,7-8,12-13H,1,6,9-10H2. The van der Waals surface area contributed by atoms with Crippen molar-refractivity contribution in [3.8, 4) is 0 Å². The number of hydrogen-bond donors (Lipinski definition) is 0. The molecule has 78 valence electrons. The predicted octanol–water partition coefficient (Wildman–Crippen LogP) is 4.13. The summed E-state index contributed by atoms with van der Waals surface area (Å²) in [5.74, 6) is 1.83. The van der Waals surface area contributed by atoms with E-state index in [0.717, 1.165) is 11.8 Å².